The van der Waals surface area contributed by atoms with Crippen LogP contribution in [0.5, 0.6) is 0 Å². The van der Waals surface area contributed by atoms with Crippen LogP contribution >= 0.6 is 0 Å². The molecule has 3 saturated carbocycles. The van der Waals surface area contributed by atoms with E-state index in [1.807, 2.05) is 13.8 Å². The van der Waals surface area contributed by atoms with Crippen molar-refractivity contribution in [3.8, 4) is 0 Å². The lowest BCUT2D eigenvalue weighted by molar-refractivity contribution is -0.181. The van der Waals surface area contributed by atoms with Crippen molar-refractivity contribution >= 4 is 0 Å². The third-order valence-electron chi connectivity index (χ3n) is 5.20. The molecule has 3 fully saturated rings. The highest BCUT2D eigenvalue weighted by molar-refractivity contribution is 5.10. The normalized spacial score (nSPS) is 45.7. The van der Waals surface area contributed by atoms with Gasteiger partial charge in [0, 0.05) is 0 Å². The minimum absolute atomic E-state index is 0.644. The Bertz CT molecular complexity index is 180. The summed E-state index contributed by atoms with van der Waals surface area (Å²) in [6, 6.07) is 0. The maximum absolute atomic E-state index is 2.49. The monoisotopic (exact) mass is 182 g/mol. The first-order valence-electron chi connectivity index (χ1n) is 5.98. The second kappa shape index (κ2) is 3.29. The first kappa shape index (κ1) is 11.1. The summed E-state index contributed by atoms with van der Waals surface area (Å²) in [5.41, 5.74) is 1.32. The Morgan fingerprint density at radius 2 is 1.54 bits per heavy atom. The van der Waals surface area contributed by atoms with Gasteiger partial charge in [-0.15, -0.1) is 0 Å². The molecule has 13 heavy (non-hydrogen) atoms. The van der Waals surface area contributed by atoms with Crippen molar-refractivity contribution in [3.05, 3.63) is 0 Å². The number of fused-ring (bicyclic) bond motifs is 2. The van der Waals surface area contributed by atoms with Crippen molar-refractivity contribution < 1.29 is 0 Å². The molecule has 78 valence electrons. The second-order valence-electron chi connectivity index (χ2n) is 5.52. The molecule has 3 atom stereocenters. The molecule has 0 aromatic rings. The van der Waals surface area contributed by atoms with E-state index in [1.165, 1.54) is 19.3 Å². The van der Waals surface area contributed by atoms with Crippen LogP contribution in [0.1, 0.15) is 60.8 Å². The molecule has 3 aliphatic carbocycles. The summed E-state index contributed by atoms with van der Waals surface area (Å²) < 4.78 is 0. The van der Waals surface area contributed by atoms with E-state index in [-0.39, 0.29) is 0 Å². The molecule has 0 aromatic carbocycles. The molecule has 0 amide bonds. The predicted molar refractivity (Wildman–Crippen MR) is 59.7 cm³/mol. The molecule has 0 saturated heterocycles. The molecule has 0 nitrogen and oxygen atoms in total. The van der Waals surface area contributed by atoms with Crippen LogP contribution in [0.15, 0.2) is 0 Å². The van der Waals surface area contributed by atoms with Crippen LogP contribution in [-0.2, 0) is 0 Å². The Morgan fingerprint density at radius 3 is 1.85 bits per heavy atom. The van der Waals surface area contributed by atoms with Gasteiger partial charge in [0.2, 0.25) is 0 Å². The average Bonchev–Trinajstić information content (AvgIpc) is 2.12. The third-order valence-corrected chi connectivity index (χ3v) is 5.20. The fourth-order valence-electron chi connectivity index (χ4n) is 3.43. The Balaban J connectivity index is 0.000000396. The van der Waals surface area contributed by atoms with Crippen molar-refractivity contribution in [3.63, 3.8) is 0 Å². The summed E-state index contributed by atoms with van der Waals surface area (Å²) in [6.07, 6.45) is 4.47. The van der Waals surface area contributed by atoms with Gasteiger partial charge in [0.15, 0.2) is 0 Å². The molecule has 0 heteroatoms. The average molecular weight is 182 g/mol. The maximum Gasteiger partial charge on any atom is -0.0243 e. The van der Waals surface area contributed by atoms with Gasteiger partial charge in [-0.1, -0.05) is 41.5 Å². The molecule has 0 N–H and O–H groups in total. The highest BCUT2D eigenvalue weighted by Gasteiger charge is 2.61. The number of hydrogen-bond donors (Lipinski definition) is 0. The molecule has 0 heterocycles. The van der Waals surface area contributed by atoms with Gasteiger partial charge in [-0.2, -0.15) is 0 Å². The standard InChI is InChI=1S/C11H20.C2H6/c1-8-5-6-9-7-11(8,4)10(9,2)3;1-2/h8-9H,5-7H2,1-4H3;1-2H3/t8-,9-,11-;/m1./s1. The van der Waals surface area contributed by atoms with Gasteiger partial charge in [0.1, 0.15) is 0 Å². The molecule has 3 aliphatic rings. The third kappa shape index (κ3) is 1.25. The molecule has 3 rings (SSSR count). The first-order valence-corrected chi connectivity index (χ1v) is 5.98. The molecular weight excluding hydrogens is 156 g/mol. The minimum atomic E-state index is 0.644. The van der Waals surface area contributed by atoms with E-state index in [4.69, 9.17) is 0 Å². The van der Waals surface area contributed by atoms with Gasteiger partial charge in [-0.25, -0.2) is 0 Å². The van der Waals surface area contributed by atoms with Gasteiger partial charge in [-0.3, -0.25) is 0 Å². The molecular formula is C13H26. The number of rotatable bonds is 0. The van der Waals surface area contributed by atoms with Crippen molar-refractivity contribution in [2.24, 2.45) is 22.7 Å². The van der Waals surface area contributed by atoms with Crippen LogP contribution < -0.4 is 0 Å². The maximum atomic E-state index is 2.49. The minimum Gasteiger partial charge on any atom is -0.0683 e. The van der Waals surface area contributed by atoms with Gasteiger partial charge in [-0.05, 0) is 41.9 Å². The van der Waals surface area contributed by atoms with Crippen molar-refractivity contribution in [1.82, 2.24) is 0 Å². The summed E-state index contributed by atoms with van der Waals surface area (Å²) in [4.78, 5) is 0. The number of hydrogen-bond acceptors (Lipinski definition) is 0. The lowest BCUT2D eigenvalue weighted by atomic mass is 9.38. The second-order valence-corrected chi connectivity index (χ2v) is 5.52. The van der Waals surface area contributed by atoms with E-state index in [0.717, 1.165) is 11.8 Å². The fourth-order valence-corrected chi connectivity index (χ4v) is 3.43. The fraction of sp³-hybridized carbons (Fsp3) is 1.00. The molecule has 0 unspecified atom stereocenters. The van der Waals surface area contributed by atoms with E-state index >= 15 is 0 Å². The van der Waals surface area contributed by atoms with Crippen LogP contribution in [0.3, 0.4) is 0 Å². The van der Waals surface area contributed by atoms with E-state index in [9.17, 15) is 0 Å². The molecule has 0 aromatic heterocycles. The zero-order chi connectivity index (χ0) is 10.3. The SMILES string of the molecule is CC.C[C@@H]1CC[C@@H]2C[C@@]1(C)C2(C)C. The van der Waals surface area contributed by atoms with Gasteiger partial charge in [0.05, 0.1) is 0 Å². The van der Waals surface area contributed by atoms with Crippen molar-refractivity contribution in [2.75, 3.05) is 0 Å². The van der Waals surface area contributed by atoms with Crippen LogP contribution in [0.2, 0.25) is 0 Å². The quantitative estimate of drug-likeness (QED) is 0.517. The first-order chi connectivity index (χ1) is 5.98. The van der Waals surface area contributed by atoms with Crippen LogP contribution in [0.4, 0.5) is 0 Å². The largest absolute Gasteiger partial charge is 0.0683 e. The zero-order valence-electron chi connectivity index (χ0n) is 10.3. The topological polar surface area (TPSA) is 0 Å². The summed E-state index contributed by atoms with van der Waals surface area (Å²) in [5.74, 6) is 2.01. The van der Waals surface area contributed by atoms with Crippen LogP contribution in [-0.4, -0.2) is 0 Å². The van der Waals surface area contributed by atoms with Crippen LogP contribution in [0.25, 0.3) is 0 Å². The Hall–Kier alpha value is 0. The van der Waals surface area contributed by atoms with Crippen LogP contribution in [0, 0.1) is 22.7 Å². The molecule has 0 aliphatic heterocycles. The molecule has 0 spiro atoms. The summed E-state index contributed by atoms with van der Waals surface area (Å²) in [5, 5.41) is 0. The Kier molecular flexibility index (Phi) is 2.81. The zero-order valence-corrected chi connectivity index (χ0v) is 10.3. The highest BCUT2D eigenvalue weighted by Crippen LogP contribution is 2.69. The molecule has 2 bridgehead atoms. The van der Waals surface area contributed by atoms with E-state index in [1.54, 1.807) is 0 Å². The lowest BCUT2D eigenvalue weighted by Crippen LogP contribution is -2.59. The van der Waals surface area contributed by atoms with Crippen molar-refractivity contribution in [2.45, 2.75) is 60.8 Å². The molecule has 0 radical (unpaired) electrons. The predicted octanol–water partition coefficient (Wildman–Crippen LogP) is 4.49. The van der Waals surface area contributed by atoms with E-state index < -0.39 is 0 Å². The Morgan fingerprint density at radius 1 is 1.00 bits per heavy atom. The van der Waals surface area contributed by atoms with E-state index in [0.29, 0.717) is 10.8 Å². The summed E-state index contributed by atoms with van der Waals surface area (Å²) >= 11 is 0. The summed E-state index contributed by atoms with van der Waals surface area (Å²) in [6.45, 7) is 13.9. The highest BCUT2D eigenvalue weighted by atomic mass is 14.7. The lowest BCUT2D eigenvalue weighted by Gasteiger charge is -2.67. The Labute approximate surface area is 84.1 Å². The van der Waals surface area contributed by atoms with Gasteiger partial charge in [0.25, 0.3) is 0 Å². The smallest absolute Gasteiger partial charge is 0.0243 e. The van der Waals surface area contributed by atoms with Gasteiger partial charge < -0.3 is 0 Å². The van der Waals surface area contributed by atoms with E-state index in [2.05, 4.69) is 27.7 Å². The van der Waals surface area contributed by atoms with Gasteiger partial charge >= 0.3 is 0 Å². The summed E-state index contributed by atoms with van der Waals surface area (Å²) in [7, 11) is 0. The van der Waals surface area contributed by atoms with Crippen molar-refractivity contribution in [1.29, 1.82) is 0 Å².